The van der Waals surface area contributed by atoms with Crippen LogP contribution in [0.2, 0.25) is 0 Å². The maximum atomic E-state index is 5.56. The second kappa shape index (κ2) is 4.96. The highest BCUT2D eigenvalue weighted by Crippen LogP contribution is 2.27. The van der Waals surface area contributed by atoms with E-state index in [1.165, 1.54) is 27.0 Å². The summed E-state index contributed by atoms with van der Waals surface area (Å²) < 4.78 is 0. The maximum absolute atomic E-state index is 5.56. The van der Waals surface area contributed by atoms with Gasteiger partial charge in [0.25, 0.3) is 0 Å². The lowest BCUT2D eigenvalue weighted by Gasteiger charge is -2.02. The lowest BCUT2D eigenvalue weighted by molar-refractivity contribution is 1.05. The molecule has 3 rings (SSSR count). The monoisotopic (exact) mass is 273 g/mol. The Kier molecular flexibility index (Phi) is 3.17. The standard InChI is InChI=1S/C13H11N3S2/c14-13-16-15-12(18-13)8-17-11-6-5-9-3-1-2-4-10(9)7-11/h1-7H,8H2,(H2,14,16). The molecule has 0 saturated heterocycles. The normalized spacial score (nSPS) is 10.9. The zero-order valence-electron chi connectivity index (χ0n) is 9.54. The van der Waals surface area contributed by atoms with Crippen molar-refractivity contribution in [3.05, 3.63) is 47.5 Å². The zero-order chi connectivity index (χ0) is 12.4. The quantitative estimate of drug-likeness (QED) is 0.741. The van der Waals surface area contributed by atoms with Crippen LogP contribution in [0.4, 0.5) is 5.13 Å². The van der Waals surface area contributed by atoms with Crippen LogP contribution in [-0.2, 0) is 5.75 Å². The second-order valence-electron chi connectivity index (χ2n) is 3.83. The number of hydrogen-bond donors (Lipinski definition) is 1. The Morgan fingerprint density at radius 1 is 1.06 bits per heavy atom. The predicted octanol–water partition coefficient (Wildman–Crippen LogP) is 3.57. The van der Waals surface area contributed by atoms with Gasteiger partial charge in [0.05, 0.1) is 5.75 Å². The molecule has 1 heterocycles. The number of nitrogen functional groups attached to an aromatic ring is 1. The van der Waals surface area contributed by atoms with Crippen molar-refractivity contribution >= 4 is 39.0 Å². The van der Waals surface area contributed by atoms with Crippen molar-refractivity contribution in [3.8, 4) is 0 Å². The molecule has 0 aliphatic heterocycles. The Balaban J connectivity index is 1.78. The van der Waals surface area contributed by atoms with Crippen LogP contribution in [0, 0.1) is 0 Å². The van der Waals surface area contributed by atoms with Crippen molar-refractivity contribution < 1.29 is 0 Å². The molecular formula is C13H11N3S2. The van der Waals surface area contributed by atoms with Crippen LogP contribution >= 0.6 is 23.1 Å². The minimum atomic E-state index is 0.532. The molecule has 18 heavy (non-hydrogen) atoms. The molecule has 0 aliphatic rings. The molecule has 0 radical (unpaired) electrons. The van der Waals surface area contributed by atoms with Gasteiger partial charge in [-0.2, -0.15) is 0 Å². The summed E-state index contributed by atoms with van der Waals surface area (Å²) in [5.74, 6) is 0.813. The van der Waals surface area contributed by atoms with Gasteiger partial charge in [0.1, 0.15) is 5.01 Å². The number of fused-ring (bicyclic) bond motifs is 1. The summed E-state index contributed by atoms with van der Waals surface area (Å²) in [7, 11) is 0. The number of benzene rings is 2. The van der Waals surface area contributed by atoms with Gasteiger partial charge in [0, 0.05) is 4.90 Å². The lowest BCUT2D eigenvalue weighted by atomic mass is 10.1. The van der Waals surface area contributed by atoms with Gasteiger partial charge < -0.3 is 5.73 Å². The van der Waals surface area contributed by atoms with Crippen LogP contribution in [0.3, 0.4) is 0 Å². The molecule has 0 aliphatic carbocycles. The molecule has 0 amide bonds. The molecule has 0 saturated carbocycles. The van der Waals surface area contributed by atoms with E-state index in [-0.39, 0.29) is 0 Å². The average molecular weight is 273 g/mol. The van der Waals surface area contributed by atoms with Crippen molar-refractivity contribution in [2.75, 3.05) is 5.73 Å². The molecular weight excluding hydrogens is 262 g/mol. The summed E-state index contributed by atoms with van der Waals surface area (Å²) in [5, 5.41) is 11.9. The van der Waals surface area contributed by atoms with E-state index >= 15 is 0 Å². The molecule has 2 N–H and O–H groups in total. The lowest BCUT2D eigenvalue weighted by Crippen LogP contribution is -1.81. The maximum Gasteiger partial charge on any atom is 0.203 e. The minimum absolute atomic E-state index is 0.532. The van der Waals surface area contributed by atoms with Gasteiger partial charge in [-0.15, -0.1) is 22.0 Å². The molecule has 0 spiro atoms. The van der Waals surface area contributed by atoms with Crippen LogP contribution in [0.1, 0.15) is 5.01 Å². The van der Waals surface area contributed by atoms with Crippen LogP contribution in [0.5, 0.6) is 0 Å². The second-order valence-corrected chi connectivity index (χ2v) is 5.97. The number of anilines is 1. The van der Waals surface area contributed by atoms with Crippen LogP contribution in [0.15, 0.2) is 47.4 Å². The first-order valence-corrected chi connectivity index (χ1v) is 7.31. The van der Waals surface area contributed by atoms with Crippen molar-refractivity contribution in [1.29, 1.82) is 0 Å². The van der Waals surface area contributed by atoms with Crippen LogP contribution in [0.25, 0.3) is 10.8 Å². The third-order valence-electron chi connectivity index (χ3n) is 2.57. The summed E-state index contributed by atoms with van der Waals surface area (Å²) in [6, 6.07) is 14.8. The third-order valence-corrected chi connectivity index (χ3v) is 4.51. The predicted molar refractivity (Wildman–Crippen MR) is 77.8 cm³/mol. The number of thioether (sulfide) groups is 1. The summed E-state index contributed by atoms with van der Waals surface area (Å²) in [6.07, 6.45) is 0. The highest BCUT2D eigenvalue weighted by atomic mass is 32.2. The molecule has 0 fully saturated rings. The Hall–Kier alpha value is -1.59. The van der Waals surface area contributed by atoms with E-state index in [0.717, 1.165) is 10.8 Å². The Labute approximate surface area is 113 Å². The van der Waals surface area contributed by atoms with Crippen molar-refractivity contribution in [3.63, 3.8) is 0 Å². The number of nitrogens with two attached hydrogens (primary N) is 1. The molecule has 3 aromatic rings. The van der Waals surface area contributed by atoms with Crippen LogP contribution in [-0.4, -0.2) is 10.2 Å². The summed E-state index contributed by atoms with van der Waals surface area (Å²) in [5.41, 5.74) is 5.56. The Morgan fingerprint density at radius 2 is 1.89 bits per heavy atom. The first-order valence-electron chi connectivity index (χ1n) is 5.51. The van der Waals surface area contributed by atoms with Gasteiger partial charge in [-0.3, -0.25) is 0 Å². The summed E-state index contributed by atoms with van der Waals surface area (Å²) in [4.78, 5) is 1.24. The number of nitrogens with zero attached hydrogens (tertiary/aromatic N) is 2. The number of rotatable bonds is 3. The zero-order valence-corrected chi connectivity index (χ0v) is 11.2. The van der Waals surface area contributed by atoms with E-state index in [2.05, 4.69) is 52.7 Å². The summed E-state index contributed by atoms with van der Waals surface area (Å²) >= 11 is 3.20. The van der Waals surface area contributed by atoms with E-state index in [9.17, 15) is 0 Å². The van der Waals surface area contributed by atoms with E-state index in [4.69, 9.17) is 5.73 Å². The molecule has 2 aromatic carbocycles. The molecule has 0 atom stereocenters. The van der Waals surface area contributed by atoms with Crippen molar-refractivity contribution in [2.24, 2.45) is 0 Å². The Morgan fingerprint density at radius 3 is 2.67 bits per heavy atom. The van der Waals surface area contributed by atoms with Gasteiger partial charge in [-0.05, 0) is 22.9 Å². The summed E-state index contributed by atoms with van der Waals surface area (Å²) in [6.45, 7) is 0. The topological polar surface area (TPSA) is 51.8 Å². The molecule has 3 nitrogen and oxygen atoms in total. The van der Waals surface area contributed by atoms with E-state index < -0.39 is 0 Å². The van der Waals surface area contributed by atoms with Gasteiger partial charge in [0.15, 0.2) is 0 Å². The molecule has 90 valence electrons. The van der Waals surface area contributed by atoms with E-state index in [0.29, 0.717) is 5.13 Å². The molecule has 0 bridgehead atoms. The van der Waals surface area contributed by atoms with Gasteiger partial charge >= 0.3 is 0 Å². The average Bonchev–Trinajstić information content (AvgIpc) is 2.82. The van der Waals surface area contributed by atoms with Crippen molar-refractivity contribution in [2.45, 2.75) is 10.6 Å². The highest BCUT2D eigenvalue weighted by molar-refractivity contribution is 7.98. The Bertz CT molecular complexity index is 679. The number of aromatic nitrogens is 2. The fourth-order valence-corrected chi connectivity index (χ4v) is 3.27. The largest absolute Gasteiger partial charge is 0.374 e. The fraction of sp³-hybridized carbons (Fsp3) is 0.0769. The number of hydrogen-bond acceptors (Lipinski definition) is 5. The fourth-order valence-electron chi connectivity index (χ4n) is 1.73. The smallest absolute Gasteiger partial charge is 0.203 e. The third kappa shape index (κ3) is 2.47. The van der Waals surface area contributed by atoms with Gasteiger partial charge in [-0.1, -0.05) is 41.7 Å². The van der Waals surface area contributed by atoms with Crippen LogP contribution < -0.4 is 5.73 Å². The minimum Gasteiger partial charge on any atom is -0.374 e. The van der Waals surface area contributed by atoms with Gasteiger partial charge in [0.2, 0.25) is 5.13 Å². The van der Waals surface area contributed by atoms with E-state index in [1.807, 2.05) is 0 Å². The SMILES string of the molecule is Nc1nnc(CSc2ccc3ccccc3c2)s1. The first kappa shape index (κ1) is 11.5. The van der Waals surface area contributed by atoms with Crippen molar-refractivity contribution in [1.82, 2.24) is 10.2 Å². The first-order chi connectivity index (χ1) is 8.81. The molecule has 1 aromatic heterocycles. The van der Waals surface area contributed by atoms with Gasteiger partial charge in [-0.25, -0.2) is 0 Å². The highest BCUT2D eigenvalue weighted by Gasteiger charge is 2.02. The molecule has 0 unspecified atom stereocenters. The van der Waals surface area contributed by atoms with E-state index in [1.54, 1.807) is 11.8 Å². The molecule has 5 heteroatoms.